The van der Waals surface area contributed by atoms with Crippen molar-refractivity contribution in [1.29, 1.82) is 0 Å². The van der Waals surface area contributed by atoms with Crippen LogP contribution in [-0.2, 0) is 11.2 Å². The van der Waals surface area contributed by atoms with Crippen molar-refractivity contribution in [2.45, 2.75) is 26.2 Å². The van der Waals surface area contributed by atoms with Crippen LogP contribution in [0, 0.1) is 0 Å². The highest BCUT2D eigenvalue weighted by molar-refractivity contribution is 5.92. The first-order valence-corrected chi connectivity index (χ1v) is 8.84. The largest absolute Gasteiger partial charge is 0.493 e. The summed E-state index contributed by atoms with van der Waals surface area (Å²) >= 11 is 0. The third-order valence-electron chi connectivity index (χ3n) is 4.02. The Hall–Kier alpha value is -3.02. The number of hydrogen-bond donors (Lipinski definition) is 1. The van der Waals surface area contributed by atoms with Gasteiger partial charge in [-0.25, -0.2) is 0 Å². The summed E-state index contributed by atoms with van der Waals surface area (Å²) in [6, 6.07) is 10.8. The standard InChI is InChI=1S/C21H25NO5/c1-4-5-6-15-7-9-17(10-8-15)22-20(24)14-27-21-18(25-2)11-16(13-23)12-19(21)26-3/h7-13H,4-6,14H2,1-3H3,(H,22,24). The van der Waals surface area contributed by atoms with E-state index in [4.69, 9.17) is 14.2 Å². The number of anilines is 1. The zero-order valence-corrected chi connectivity index (χ0v) is 15.9. The van der Waals surface area contributed by atoms with Crippen LogP contribution in [-0.4, -0.2) is 33.0 Å². The summed E-state index contributed by atoms with van der Waals surface area (Å²) in [5.41, 5.74) is 2.35. The van der Waals surface area contributed by atoms with E-state index in [1.54, 1.807) is 0 Å². The Bertz CT molecular complexity index is 746. The minimum atomic E-state index is -0.306. The number of nitrogens with one attached hydrogen (secondary N) is 1. The number of aldehydes is 1. The van der Waals surface area contributed by atoms with E-state index >= 15 is 0 Å². The maximum Gasteiger partial charge on any atom is 0.262 e. The number of rotatable bonds is 10. The van der Waals surface area contributed by atoms with Crippen molar-refractivity contribution < 1.29 is 23.8 Å². The van der Waals surface area contributed by atoms with Gasteiger partial charge in [-0.3, -0.25) is 9.59 Å². The highest BCUT2D eigenvalue weighted by Gasteiger charge is 2.15. The molecule has 6 nitrogen and oxygen atoms in total. The monoisotopic (exact) mass is 371 g/mol. The molecule has 2 aromatic carbocycles. The molecule has 6 heteroatoms. The normalized spacial score (nSPS) is 10.2. The first-order valence-electron chi connectivity index (χ1n) is 8.84. The molecule has 1 N–H and O–H groups in total. The molecule has 144 valence electrons. The first kappa shape index (κ1) is 20.3. The molecule has 0 radical (unpaired) electrons. The molecule has 0 aromatic heterocycles. The summed E-state index contributed by atoms with van der Waals surface area (Å²) in [4.78, 5) is 23.2. The van der Waals surface area contributed by atoms with Gasteiger partial charge in [0.25, 0.3) is 5.91 Å². The zero-order valence-electron chi connectivity index (χ0n) is 15.9. The van der Waals surface area contributed by atoms with E-state index < -0.39 is 0 Å². The van der Waals surface area contributed by atoms with Crippen LogP contribution in [0.25, 0.3) is 0 Å². The van der Waals surface area contributed by atoms with Gasteiger partial charge < -0.3 is 19.5 Å². The lowest BCUT2D eigenvalue weighted by Gasteiger charge is -2.15. The second-order valence-corrected chi connectivity index (χ2v) is 6.01. The van der Waals surface area contributed by atoms with Crippen LogP contribution in [0.2, 0.25) is 0 Å². The lowest BCUT2D eigenvalue weighted by atomic mass is 10.1. The summed E-state index contributed by atoms with van der Waals surface area (Å²) in [5, 5.41) is 2.79. The van der Waals surface area contributed by atoms with Crippen molar-refractivity contribution in [2.24, 2.45) is 0 Å². The number of carbonyl (C=O) groups excluding carboxylic acids is 2. The highest BCUT2D eigenvalue weighted by atomic mass is 16.5. The van der Waals surface area contributed by atoms with Crippen LogP contribution in [0.1, 0.15) is 35.7 Å². The van der Waals surface area contributed by atoms with Gasteiger partial charge in [-0.05, 0) is 42.7 Å². The number of methoxy groups -OCH3 is 2. The molecule has 0 heterocycles. The van der Waals surface area contributed by atoms with Crippen LogP contribution in [0.15, 0.2) is 36.4 Å². The van der Waals surface area contributed by atoms with Crippen LogP contribution in [0.4, 0.5) is 5.69 Å². The average molecular weight is 371 g/mol. The topological polar surface area (TPSA) is 73.9 Å². The number of hydrogen-bond acceptors (Lipinski definition) is 5. The van der Waals surface area contributed by atoms with Crippen molar-refractivity contribution in [2.75, 3.05) is 26.1 Å². The van der Waals surface area contributed by atoms with Gasteiger partial charge >= 0.3 is 0 Å². The predicted octanol–water partition coefficient (Wildman–Crippen LogP) is 3.88. The van der Waals surface area contributed by atoms with Crippen molar-refractivity contribution in [1.82, 2.24) is 0 Å². The van der Waals surface area contributed by atoms with Gasteiger partial charge in [0.05, 0.1) is 14.2 Å². The quantitative estimate of drug-likeness (QED) is 0.642. The van der Waals surface area contributed by atoms with Gasteiger partial charge in [0.15, 0.2) is 18.1 Å². The molecule has 2 rings (SSSR count). The molecule has 0 unspecified atom stereocenters. The van der Waals surface area contributed by atoms with Gasteiger partial charge in [0.1, 0.15) is 6.29 Å². The maximum atomic E-state index is 12.2. The van der Waals surface area contributed by atoms with Gasteiger partial charge in [0.2, 0.25) is 5.75 Å². The molecule has 0 atom stereocenters. The van der Waals surface area contributed by atoms with E-state index in [9.17, 15) is 9.59 Å². The summed E-state index contributed by atoms with van der Waals surface area (Å²) < 4.78 is 16.0. The molecule has 2 aromatic rings. The Morgan fingerprint density at radius 2 is 1.70 bits per heavy atom. The Morgan fingerprint density at radius 1 is 1.07 bits per heavy atom. The maximum absolute atomic E-state index is 12.2. The molecule has 0 fully saturated rings. The molecule has 0 aliphatic rings. The lowest BCUT2D eigenvalue weighted by Crippen LogP contribution is -2.20. The van der Waals surface area contributed by atoms with E-state index in [0.717, 1.165) is 19.3 Å². The second kappa shape index (κ2) is 10.2. The molecular weight excluding hydrogens is 346 g/mol. The number of amides is 1. The lowest BCUT2D eigenvalue weighted by molar-refractivity contribution is -0.118. The number of ether oxygens (including phenoxy) is 3. The van der Waals surface area contributed by atoms with Crippen molar-refractivity contribution >= 4 is 17.9 Å². The van der Waals surface area contributed by atoms with Crippen molar-refractivity contribution in [3.8, 4) is 17.2 Å². The van der Waals surface area contributed by atoms with Crippen LogP contribution in [0.3, 0.4) is 0 Å². The van der Waals surface area contributed by atoms with Gasteiger partial charge in [-0.1, -0.05) is 25.5 Å². The molecule has 1 amide bonds. The van der Waals surface area contributed by atoms with Gasteiger partial charge in [0, 0.05) is 11.3 Å². The van der Waals surface area contributed by atoms with Crippen molar-refractivity contribution in [3.05, 3.63) is 47.5 Å². The highest BCUT2D eigenvalue weighted by Crippen LogP contribution is 2.38. The molecule has 27 heavy (non-hydrogen) atoms. The van der Waals surface area contributed by atoms with Crippen molar-refractivity contribution in [3.63, 3.8) is 0 Å². The number of benzene rings is 2. The Balaban J connectivity index is 2.00. The van der Waals surface area contributed by atoms with E-state index in [0.29, 0.717) is 29.0 Å². The molecule has 0 saturated carbocycles. The summed E-state index contributed by atoms with van der Waals surface area (Å²) in [7, 11) is 2.91. The molecular formula is C21H25NO5. The smallest absolute Gasteiger partial charge is 0.262 e. The molecule has 0 spiro atoms. The Labute approximate surface area is 159 Å². The molecule has 0 saturated heterocycles. The van der Waals surface area contributed by atoms with Crippen LogP contribution < -0.4 is 19.5 Å². The molecule has 0 aliphatic carbocycles. The number of unbranched alkanes of at least 4 members (excludes halogenated alkanes) is 1. The van der Waals surface area contributed by atoms with Crippen LogP contribution in [0.5, 0.6) is 17.2 Å². The summed E-state index contributed by atoms with van der Waals surface area (Å²) in [6.45, 7) is 1.94. The molecule has 0 bridgehead atoms. The summed E-state index contributed by atoms with van der Waals surface area (Å²) in [5.74, 6) is 0.615. The Kier molecular flexibility index (Phi) is 7.67. The number of carbonyl (C=O) groups is 2. The minimum absolute atomic E-state index is 0.218. The van der Waals surface area contributed by atoms with Crippen LogP contribution >= 0.6 is 0 Å². The fourth-order valence-corrected chi connectivity index (χ4v) is 2.58. The van der Waals surface area contributed by atoms with E-state index in [-0.39, 0.29) is 18.3 Å². The SMILES string of the molecule is CCCCc1ccc(NC(=O)COc2c(OC)cc(C=O)cc2OC)cc1. The van der Waals surface area contributed by atoms with E-state index in [1.807, 2.05) is 24.3 Å². The molecule has 0 aliphatic heterocycles. The minimum Gasteiger partial charge on any atom is -0.493 e. The fourth-order valence-electron chi connectivity index (χ4n) is 2.58. The average Bonchev–Trinajstić information content (AvgIpc) is 2.70. The first-order chi connectivity index (χ1) is 13.1. The van der Waals surface area contributed by atoms with E-state index in [2.05, 4.69) is 12.2 Å². The number of aryl methyl sites for hydroxylation is 1. The second-order valence-electron chi connectivity index (χ2n) is 6.01. The summed E-state index contributed by atoms with van der Waals surface area (Å²) in [6.07, 6.45) is 4.01. The third-order valence-corrected chi connectivity index (χ3v) is 4.02. The Morgan fingerprint density at radius 3 is 2.22 bits per heavy atom. The third kappa shape index (κ3) is 5.74. The van der Waals surface area contributed by atoms with Gasteiger partial charge in [-0.15, -0.1) is 0 Å². The fraction of sp³-hybridized carbons (Fsp3) is 0.333. The van der Waals surface area contributed by atoms with E-state index in [1.165, 1.54) is 31.9 Å². The predicted molar refractivity (Wildman–Crippen MR) is 104 cm³/mol. The van der Waals surface area contributed by atoms with Gasteiger partial charge in [-0.2, -0.15) is 0 Å². The zero-order chi connectivity index (χ0) is 19.6.